The fourth-order valence-corrected chi connectivity index (χ4v) is 4.22. The number of aliphatic hydroxyl groups excluding tert-OH is 1. The lowest BCUT2D eigenvalue weighted by Gasteiger charge is -2.23. The molecule has 2 aromatic heterocycles. The molecule has 0 aliphatic carbocycles. The van der Waals surface area contributed by atoms with Crippen molar-refractivity contribution in [3.8, 4) is 11.1 Å². The summed E-state index contributed by atoms with van der Waals surface area (Å²) in [6.45, 7) is 4.90. The van der Waals surface area contributed by atoms with Gasteiger partial charge in [0.1, 0.15) is 30.3 Å². The summed E-state index contributed by atoms with van der Waals surface area (Å²) in [6.07, 6.45) is 0. The largest absolute Gasteiger partial charge is 0.395 e. The fourth-order valence-electron chi connectivity index (χ4n) is 3.26. The van der Waals surface area contributed by atoms with E-state index in [0.717, 1.165) is 65.8 Å². The molecule has 3 aromatic rings. The van der Waals surface area contributed by atoms with Crippen LogP contribution in [0.5, 0.6) is 0 Å². The van der Waals surface area contributed by atoms with Crippen LogP contribution in [0.4, 0.5) is 5.82 Å². The first-order chi connectivity index (χ1) is 12.8. The van der Waals surface area contributed by atoms with Crippen molar-refractivity contribution in [3.05, 3.63) is 41.5 Å². The highest BCUT2D eigenvalue weighted by molar-refractivity contribution is 7.17. The smallest absolute Gasteiger partial charge is 0.187 e. The summed E-state index contributed by atoms with van der Waals surface area (Å²) in [6, 6.07) is 10.3. The number of aromatic nitrogens is 2. The van der Waals surface area contributed by atoms with Crippen LogP contribution in [0, 0.1) is 0 Å². The molecule has 1 aliphatic rings. The molecule has 136 valence electrons. The molecule has 6 nitrogen and oxygen atoms in total. The third-order valence-corrected chi connectivity index (χ3v) is 5.45. The van der Waals surface area contributed by atoms with Gasteiger partial charge in [-0.2, -0.15) is 0 Å². The maximum absolute atomic E-state index is 9.25. The minimum Gasteiger partial charge on any atom is -0.395 e. The second kappa shape index (κ2) is 8.09. The van der Waals surface area contributed by atoms with Crippen LogP contribution in [-0.2, 0) is 11.3 Å². The zero-order chi connectivity index (χ0) is 17.8. The van der Waals surface area contributed by atoms with E-state index < -0.39 is 0 Å². The summed E-state index contributed by atoms with van der Waals surface area (Å²) < 4.78 is 5.44. The Kier molecular flexibility index (Phi) is 5.40. The molecule has 1 fully saturated rings. The minimum absolute atomic E-state index is 0.0698. The fraction of sp³-hybridized carbons (Fsp3) is 0.368. The highest BCUT2D eigenvalue weighted by Gasteiger charge is 2.19. The average molecular weight is 371 g/mol. The molecular weight excluding hydrogens is 348 g/mol. The van der Waals surface area contributed by atoms with Crippen LogP contribution in [0.25, 0.3) is 21.3 Å². The Balaban J connectivity index is 1.72. The lowest BCUT2D eigenvalue weighted by molar-refractivity contribution is -0.922. The van der Waals surface area contributed by atoms with Crippen LogP contribution in [0.2, 0.25) is 0 Å². The zero-order valence-electron chi connectivity index (χ0n) is 14.6. The number of hydrogen-bond acceptors (Lipinski definition) is 6. The van der Waals surface area contributed by atoms with Crippen LogP contribution in [0.3, 0.4) is 0 Å². The quantitative estimate of drug-likeness (QED) is 0.607. The lowest BCUT2D eigenvalue weighted by Crippen LogP contribution is -3.12. The number of anilines is 1. The van der Waals surface area contributed by atoms with Crippen LogP contribution in [-0.4, -0.2) is 54.5 Å². The van der Waals surface area contributed by atoms with Gasteiger partial charge in [-0.05, 0) is 5.56 Å². The molecule has 3 N–H and O–H groups in total. The van der Waals surface area contributed by atoms with E-state index in [9.17, 15) is 5.11 Å². The van der Waals surface area contributed by atoms with Gasteiger partial charge in [-0.25, -0.2) is 9.97 Å². The Morgan fingerprint density at radius 2 is 1.96 bits per heavy atom. The standard InChI is InChI=1S/C19H22N4O2S/c24-9-6-20-18-17-15(14-4-2-1-3-5-14)13-26-19(17)22-16(21-18)12-23-7-10-25-11-8-23/h1-5,13,24H,6-12H2,(H,20,21,22)/p+1. The second-order valence-electron chi connectivity index (χ2n) is 6.37. The highest BCUT2D eigenvalue weighted by Crippen LogP contribution is 2.36. The molecule has 4 rings (SSSR count). The van der Waals surface area contributed by atoms with Crippen molar-refractivity contribution >= 4 is 27.4 Å². The first-order valence-corrected chi connectivity index (χ1v) is 9.82. The van der Waals surface area contributed by atoms with Gasteiger partial charge in [-0.3, -0.25) is 0 Å². The van der Waals surface area contributed by atoms with E-state index in [2.05, 4.69) is 22.8 Å². The van der Waals surface area contributed by atoms with E-state index in [1.807, 2.05) is 18.2 Å². The monoisotopic (exact) mass is 371 g/mol. The molecule has 0 bridgehead atoms. The van der Waals surface area contributed by atoms with E-state index in [1.165, 1.54) is 4.90 Å². The van der Waals surface area contributed by atoms with Crippen molar-refractivity contribution in [1.29, 1.82) is 0 Å². The number of rotatable bonds is 6. The van der Waals surface area contributed by atoms with E-state index >= 15 is 0 Å². The number of fused-ring (bicyclic) bond motifs is 1. The molecule has 3 heterocycles. The van der Waals surface area contributed by atoms with Crippen LogP contribution < -0.4 is 10.2 Å². The number of ether oxygens (including phenoxy) is 1. The van der Waals surface area contributed by atoms with Crippen molar-refractivity contribution in [2.75, 3.05) is 44.8 Å². The Morgan fingerprint density at radius 1 is 1.15 bits per heavy atom. The van der Waals surface area contributed by atoms with Gasteiger partial charge >= 0.3 is 0 Å². The predicted octanol–water partition coefficient (Wildman–Crippen LogP) is 1.18. The van der Waals surface area contributed by atoms with Gasteiger partial charge < -0.3 is 20.1 Å². The summed E-state index contributed by atoms with van der Waals surface area (Å²) in [5.41, 5.74) is 2.29. The lowest BCUT2D eigenvalue weighted by atomic mass is 10.1. The molecular formula is C19H23N4O2S+. The molecule has 1 aromatic carbocycles. The maximum Gasteiger partial charge on any atom is 0.187 e. The first kappa shape index (κ1) is 17.4. The Labute approximate surface area is 156 Å². The number of aliphatic hydroxyl groups is 1. The number of thiophene rings is 1. The van der Waals surface area contributed by atoms with Crippen molar-refractivity contribution in [3.63, 3.8) is 0 Å². The minimum atomic E-state index is 0.0698. The Hall–Kier alpha value is -2.06. The topological polar surface area (TPSA) is 71.7 Å². The third kappa shape index (κ3) is 3.71. The van der Waals surface area contributed by atoms with Gasteiger partial charge in [0.2, 0.25) is 0 Å². The number of quaternary nitrogens is 1. The molecule has 1 saturated heterocycles. The molecule has 0 radical (unpaired) electrons. The second-order valence-corrected chi connectivity index (χ2v) is 7.23. The average Bonchev–Trinajstić information content (AvgIpc) is 3.12. The normalized spacial score (nSPS) is 15.4. The van der Waals surface area contributed by atoms with Crippen molar-refractivity contribution < 1.29 is 14.7 Å². The summed E-state index contributed by atoms with van der Waals surface area (Å²) in [5.74, 6) is 1.66. The van der Waals surface area contributed by atoms with Crippen LogP contribution >= 0.6 is 11.3 Å². The number of benzene rings is 1. The predicted molar refractivity (Wildman–Crippen MR) is 104 cm³/mol. The van der Waals surface area contributed by atoms with Gasteiger partial charge in [0.15, 0.2) is 5.82 Å². The van der Waals surface area contributed by atoms with Crippen LogP contribution in [0.1, 0.15) is 5.82 Å². The molecule has 0 atom stereocenters. The first-order valence-electron chi connectivity index (χ1n) is 8.94. The molecule has 0 unspecified atom stereocenters. The van der Waals surface area contributed by atoms with E-state index in [1.54, 1.807) is 11.3 Å². The summed E-state index contributed by atoms with van der Waals surface area (Å²) >= 11 is 1.65. The summed E-state index contributed by atoms with van der Waals surface area (Å²) in [4.78, 5) is 12.1. The van der Waals surface area contributed by atoms with Gasteiger partial charge in [-0.15, -0.1) is 11.3 Å². The van der Waals surface area contributed by atoms with E-state index in [4.69, 9.17) is 14.7 Å². The molecule has 0 saturated carbocycles. The zero-order valence-corrected chi connectivity index (χ0v) is 15.4. The highest BCUT2D eigenvalue weighted by atomic mass is 32.1. The Morgan fingerprint density at radius 3 is 2.73 bits per heavy atom. The number of hydrogen-bond donors (Lipinski definition) is 3. The molecule has 0 spiro atoms. The molecule has 26 heavy (non-hydrogen) atoms. The molecule has 1 aliphatic heterocycles. The Bertz CT molecular complexity index is 863. The molecule has 0 amide bonds. The van der Waals surface area contributed by atoms with E-state index in [0.29, 0.717) is 6.54 Å². The molecule has 7 heteroatoms. The van der Waals surface area contributed by atoms with Crippen molar-refractivity contribution in [1.82, 2.24) is 9.97 Å². The third-order valence-electron chi connectivity index (χ3n) is 4.58. The van der Waals surface area contributed by atoms with Gasteiger partial charge in [-0.1, -0.05) is 30.3 Å². The van der Waals surface area contributed by atoms with Crippen molar-refractivity contribution in [2.24, 2.45) is 0 Å². The van der Waals surface area contributed by atoms with E-state index in [-0.39, 0.29) is 6.61 Å². The van der Waals surface area contributed by atoms with Gasteiger partial charge in [0.05, 0.1) is 25.2 Å². The van der Waals surface area contributed by atoms with Gasteiger partial charge in [0.25, 0.3) is 0 Å². The maximum atomic E-state index is 9.25. The SMILES string of the molecule is OCCNc1nc(C[NH+]2CCOCC2)nc2scc(-c3ccccc3)c12. The summed E-state index contributed by atoms with van der Waals surface area (Å²) in [7, 11) is 0. The van der Waals surface area contributed by atoms with Gasteiger partial charge in [0, 0.05) is 17.5 Å². The van der Waals surface area contributed by atoms with Crippen molar-refractivity contribution in [2.45, 2.75) is 6.54 Å². The number of nitrogens with one attached hydrogen (secondary N) is 2. The number of morpholine rings is 1. The number of nitrogens with zero attached hydrogens (tertiary/aromatic N) is 2. The van der Waals surface area contributed by atoms with Crippen LogP contribution in [0.15, 0.2) is 35.7 Å². The summed E-state index contributed by atoms with van der Waals surface area (Å²) in [5, 5.41) is 15.7.